The van der Waals surface area contributed by atoms with E-state index in [9.17, 15) is 14.7 Å². The first-order valence-corrected chi connectivity index (χ1v) is 10.5. The molecule has 0 amide bonds. The van der Waals surface area contributed by atoms with Crippen molar-refractivity contribution in [3.05, 3.63) is 95.6 Å². The maximum absolute atomic E-state index is 12.9. The van der Waals surface area contributed by atoms with Crippen LogP contribution in [0.2, 0.25) is 0 Å². The van der Waals surface area contributed by atoms with Crippen LogP contribution in [0.3, 0.4) is 0 Å². The van der Waals surface area contributed by atoms with Gasteiger partial charge in [0.15, 0.2) is 0 Å². The smallest absolute Gasteiger partial charge is 0.340 e. The highest BCUT2D eigenvalue weighted by Gasteiger charge is 2.50. The molecule has 4 rings (SSSR count). The predicted molar refractivity (Wildman–Crippen MR) is 120 cm³/mol. The van der Waals surface area contributed by atoms with Crippen LogP contribution in [-0.2, 0) is 25.7 Å². The summed E-state index contributed by atoms with van der Waals surface area (Å²) in [6.45, 7) is 1.19. The van der Waals surface area contributed by atoms with Crippen LogP contribution in [0, 0.1) is 0 Å². The Balaban J connectivity index is 1.49. The number of esters is 2. The van der Waals surface area contributed by atoms with Crippen molar-refractivity contribution in [1.29, 1.82) is 0 Å². The molecular weight excluding hydrogens is 406 g/mol. The summed E-state index contributed by atoms with van der Waals surface area (Å²) in [6.07, 6.45) is -1.50. The highest BCUT2D eigenvalue weighted by molar-refractivity contribution is 6.05. The second-order valence-corrected chi connectivity index (χ2v) is 7.93. The molecule has 164 valence electrons. The zero-order valence-corrected chi connectivity index (χ0v) is 17.7. The number of carbonyl (C=O) groups excluding carboxylic acids is 2. The van der Waals surface area contributed by atoms with Gasteiger partial charge < -0.3 is 20.3 Å². The van der Waals surface area contributed by atoms with Gasteiger partial charge in [0.05, 0.1) is 6.10 Å². The van der Waals surface area contributed by atoms with Crippen molar-refractivity contribution in [3.8, 4) is 11.1 Å². The number of nitrogens with two attached hydrogens (primary N) is 1. The van der Waals surface area contributed by atoms with Gasteiger partial charge in [0.2, 0.25) is 5.54 Å². The summed E-state index contributed by atoms with van der Waals surface area (Å²) in [5.41, 5.74) is 8.72. The van der Waals surface area contributed by atoms with Crippen LogP contribution in [0.1, 0.15) is 29.5 Å². The van der Waals surface area contributed by atoms with Crippen molar-refractivity contribution < 1.29 is 24.2 Å². The second-order valence-electron chi connectivity index (χ2n) is 7.93. The number of aliphatic hydroxyl groups is 1. The van der Waals surface area contributed by atoms with E-state index in [0.717, 1.165) is 27.8 Å². The van der Waals surface area contributed by atoms with Crippen LogP contribution in [0.4, 0.5) is 0 Å². The van der Waals surface area contributed by atoms with E-state index in [1.54, 1.807) is 24.3 Å². The van der Waals surface area contributed by atoms with Gasteiger partial charge in [0.25, 0.3) is 0 Å². The summed E-state index contributed by atoms with van der Waals surface area (Å²) in [5.74, 6) is -2.24. The van der Waals surface area contributed by atoms with Gasteiger partial charge in [-0.1, -0.05) is 78.9 Å². The molecule has 0 saturated heterocycles. The third kappa shape index (κ3) is 3.90. The lowest BCUT2D eigenvalue weighted by molar-refractivity contribution is -0.171. The summed E-state index contributed by atoms with van der Waals surface area (Å²) in [5, 5.41) is 10.2. The average Bonchev–Trinajstić information content (AvgIpc) is 3.14. The lowest BCUT2D eigenvalue weighted by Gasteiger charge is -2.28. The summed E-state index contributed by atoms with van der Waals surface area (Å²) >= 11 is 0. The molecule has 0 aliphatic heterocycles. The van der Waals surface area contributed by atoms with Crippen molar-refractivity contribution in [3.63, 3.8) is 0 Å². The van der Waals surface area contributed by atoms with Crippen molar-refractivity contribution >= 4 is 11.9 Å². The molecule has 6 nitrogen and oxygen atoms in total. The highest BCUT2D eigenvalue weighted by Crippen LogP contribution is 2.44. The minimum absolute atomic E-state index is 0.00943. The molecule has 0 aromatic heterocycles. The quantitative estimate of drug-likeness (QED) is 0.440. The van der Waals surface area contributed by atoms with E-state index < -0.39 is 23.6 Å². The summed E-state index contributed by atoms with van der Waals surface area (Å²) in [6, 6.07) is 24.8. The second kappa shape index (κ2) is 8.94. The van der Waals surface area contributed by atoms with Crippen molar-refractivity contribution in [2.45, 2.75) is 31.1 Å². The fourth-order valence-electron chi connectivity index (χ4n) is 3.98. The molecule has 3 aromatic carbocycles. The van der Waals surface area contributed by atoms with Gasteiger partial charge >= 0.3 is 11.9 Å². The van der Waals surface area contributed by atoms with E-state index >= 15 is 0 Å². The van der Waals surface area contributed by atoms with Gasteiger partial charge in [-0.05, 0) is 34.7 Å². The number of hydrogen-bond donors (Lipinski definition) is 2. The number of carbonyl (C=O) groups is 2. The Bertz CT molecular complexity index is 1080. The molecule has 0 bridgehead atoms. The SMILES string of the molecule is C[C@@H](O)[C@](N)(C(=O)OCc1ccccc1)C(=O)OCC1c2ccccc2-c2ccccc21. The number of benzene rings is 3. The van der Waals surface area contributed by atoms with Crippen LogP contribution < -0.4 is 5.73 Å². The lowest BCUT2D eigenvalue weighted by atomic mass is 9.94. The molecule has 1 aliphatic rings. The zero-order valence-electron chi connectivity index (χ0n) is 17.7. The number of fused-ring (bicyclic) bond motifs is 3. The molecule has 1 aliphatic carbocycles. The lowest BCUT2D eigenvalue weighted by Crippen LogP contribution is -2.63. The maximum atomic E-state index is 12.9. The Kier molecular flexibility index (Phi) is 6.08. The van der Waals surface area contributed by atoms with Crippen LogP contribution in [-0.4, -0.2) is 35.3 Å². The van der Waals surface area contributed by atoms with Gasteiger partial charge in [-0.15, -0.1) is 0 Å². The van der Waals surface area contributed by atoms with Crippen LogP contribution >= 0.6 is 0 Å². The van der Waals surface area contributed by atoms with E-state index in [-0.39, 0.29) is 19.1 Å². The van der Waals surface area contributed by atoms with Gasteiger partial charge in [-0.25, -0.2) is 9.59 Å². The first-order chi connectivity index (χ1) is 15.4. The van der Waals surface area contributed by atoms with Crippen LogP contribution in [0.25, 0.3) is 11.1 Å². The topological polar surface area (TPSA) is 98.9 Å². The molecule has 0 saturated carbocycles. The molecule has 32 heavy (non-hydrogen) atoms. The first kappa shape index (κ1) is 21.7. The highest BCUT2D eigenvalue weighted by atomic mass is 16.6. The number of rotatable bonds is 7. The summed E-state index contributed by atoms with van der Waals surface area (Å²) in [4.78, 5) is 25.6. The molecule has 3 N–H and O–H groups in total. The van der Waals surface area contributed by atoms with E-state index in [1.807, 2.05) is 54.6 Å². The van der Waals surface area contributed by atoms with E-state index in [0.29, 0.717) is 0 Å². The molecule has 0 unspecified atom stereocenters. The van der Waals surface area contributed by atoms with Gasteiger partial charge in [-0.2, -0.15) is 0 Å². The monoisotopic (exact) mass is 431 g/mol. The number of hydrogen-bond acceptors (Lipinski definition) is 6. The Morgan fingerprint density at radius 1 is 0.875 bits per heavy atom. The van der Waals surface area contributed by atoms with E-state index in [2.05, 4.69) is 0 Å². The van der Waals surface area contributed by atoms with Gasteiger partial charge in [0, 0.05) is 5.92 Å². The Labute approximate surface area is 186 Å². The largest absolute Gasteiger partial charge is 0.463 e. The normalized spacial score (nSPS) is 15.2. The first-order valence-electron chi connectivity index (χ1n) is 10.5. The number of ether oxygens (including phenoxy) is 2. The minimum atomic E-state index is -2.33. The fraction of sp³-hybridized carbons (Fsp3) is 0.231. The van der Waals surface area contributed by atoms with Crippen molar-refractivity contribution in [1.82, 2.24) is 0 Å². The molecule has 3 aromatic rings. The molecule has 6 heteroatoms. The predicted octanol–water partition coefficient (Wildman–Crippen LogP) is 3.16. The Morgan fingerprint density at radius 2 is 1.38 bits per heavy atom. The fourth-order valence-corrected chi connectivity index (χ4v) is 3.98. The molecular formula is C26H25NO5. The molecule has 0 radical (unpaired) electrons. The molecule has 0 fully saturated rings. The third-order valence-corrected chi connectivity index (χ3v) is 5.89. The van der Waals surface area contributed by atoms with Crippen LogP contribution in [0.5, 0.6) is 0 Å². The van der Waals surface area contributed by atoms with Crippen molar-refractivity contribution in [2.75, 3.05) is 6.61 Å². The third-order valence-electron chi connectivity index (χ3n) is 5.89. The Morgan fingerprint density at radius 3 is 1.94 bits per heavy atom. The van der Waals surface area contributed by atoms with E-state index in [1.165, 1.54) is 6.92 Å². The number of aliphatic hydroxyl groups excluding tert-OH is 1. The summed E-state index contributed by atoms with van der Waals surface area (Å²) in [7, 11) is 0. The van der Waals surface area contributed by atoms with Gasteiger partial charge in [0.1, 0.15) is 13.2 Å². The summed E-state index contributed by atoms with van der Waals surface area (Å²) < 4.78 is 10.7. The molecule has 2 atom stereocenters. The minimum Gasteiger partial charge on any atom is -0.463 e. The standard InChI is InChI=1S/C26H25NO5/c1-17(28)26(27,24(29)31-15-18-9-3-2-4-10-18)25(30)32-16-23-21-13-7-5-11-19(21)20-12-6-8-14-22(20)23/h2-14,17,23,28H,15-16,27H2,1H3/t17-,26+/m1/s1. The van der Waals surface area contributed by atoms with E-state index in [4.69, 9.17) is 15.2 Å². The Hall–Kier alpha value is -3.48. The van der Waals surface area contributed by atoms with Gasteiger partial charge in [-0.3, -0.25) is 0 Å². The average molecular weight is 431 g/mol. The zero-order chi connectivity index (χ0) is 22.7. The molecule has 0 spiro atoms. The van der Waals surface area contributed by atoms with Crippen molar-refractivity contribution in [2.24, 2.45) is 5.73 Å². The van der Waals surface area contributed by atoms with Crippen LogP contribution in [0.15, 0.2) is 78.9 Å². The maximum Gasteiger partial charge on any atom is 0.340 e. The molecule has 0 heterocycles.